The summed E-state index contributed by atoms with van der Waals surface area (Å²) < 4.78 is 4.10. The summed E-state index contributed by atoms with van der Waals surface area (Å²) in [6.45, 7) is 0. The van der Waals surface area contributed by atoms with Crippen LogP contribution in [0, 0.1) is 0 Å². The molecule has 2 aromatic heterocycles. The molecule has 2 heterocycles. The number of hydrogen-bond acceptors (Lipinski definition) is 3. The zero-order chi connectivity index (χ0) is 15.3. The van der Waals surface area contributed by atoms with Gasteiger partial charge in [0.05, 0.1) is 16.4 Å². The fourth-order valence-electron chi connectivity index (χ4n) is 2.66. The van der Waals surface area contributed by atoms with Crippen LogP contribution in [0.25, 0.3) is 27.6 Å². The van der Waals surface area contributed by atoms with Crippen LogP contribution in [0.5, 0.6) is 0 Å². The van der Waals surface area contributed by atoms with Gasteiger partial charge in [-0.25, -0.2) is 9.55 Å². The van der Waals surface area contributed by atoms with Gasteiger partial charge in [0.1, 0.15) is 12.1 Å². The summed E-state index contributed by atoms with van der Waals surface area (Å²) in [5, 5.41) is 5.94. The van der Waals surface area contributed by atoms with Crippen LogP contribution >= 0.6 is 15.9 Å². The van der Waals surface area contributed by atoms with Gasteiger partial charge in [-0.15, -0.1) is 0 Å². The summed E-state index contributed by atoms with van der Waals surface area (Å²) in [5.74, 6) is 0.718. The van der Waals surface area contributed by atoms with Crippen molar-refractivity contribution in [1.82, 2.24) is 19.3 Å². The van der Waals surface area contributed by atoms with Gasteiger partial charge in [-0.2, -0.15) is 5.10 Å². The van der Waals surface area contributed by atoms with Crippen molar-refractivity contribution < 1.29 is 0 Å². The molecule has 0 amide bonds. The van der Waals surface area contributed by atoms with E-state index in [-0.39, 0.29) is 5.56 Å². The van der Waals surface area contributed by atoms with Crippen molar-refractivity contribution >= 4 is 37.7 Å². The van der Waals surface area contributed by atoms with E-state index in [9.17, 15) is 4.79 Å². The monoisotopic (exact) mass is 354 g/mol. The van der Waals surface area contributed by atoms with Crippen LogP contribution in [0.3, 0.4) is 0 Å². The Morgan fingerprint density at radius 3 is 2.73 bits per heavy atom. The van der Waals surface area contributed by atoms with E-state index >= 15 is 0 Å². The van der Waals surface area contributed by atoms with Crippen molar-refractivity contribution in [2.24, 2.45) is 7.05 Å². The van der Waals surface area contributed by atoms with Crippen LogP contribution in [-0.4, -0.2) is 19.3 Å². The SMILES string of the molecule is Cn1nc2ccccc2c1-n1cnc2ccc(Br)cc2c1=O. The Morgan fingerprint density at radius 1 is 1.05 bits per heavy atom. The Balaban J connectivity index is 2.11. The number of nitrogens with zero attached hydrogens (tertiary/aromatic N) is 4. The van der Waals surface area contributed by atoms with Gasteiger partial charge in [-0.3, -0.25) is 9.48 Å². The third kappa shape index (κ3) is 1.88. The van der Waals surface area contributed by atoms with Gasteiger partial charge in [0.15, 0.2) is 0 Å². The molecule has 0 N–H and O–H groups in total. The van der Waals surface area contributed by atoms with Gasteiger partial charge < -0.3 is 0 Å². The zero-order valence-corrected chi connectivity index (χ0v) is 13.3. The lowest BCUT2D eigenvalue weighted by atomic mass is 10.2. The Morgan fingerprint density at radius 2 is 1.86 bits per heavy atom. The first-order valence-electron chi connectivity index (χ1n) is 6.74. The minimum atomic E-state index is -0.111. The van der Waals surface area contributed by atoms with E-state index in [1.54, 1.807) is 21.6 Å². The second-order valence-electron chi connectivity index (χ2n) is 5.05. The number of rotatable bonds is 1. The maximum atomic E-state index is 12.8. The fourth-order valence-corrected chi connectivity index (χ4v) is 3.03. The van der Waals surface area contributed by atoms with Gasteiger partial charge in [-0.05, 0) is 30.3 Å². The van der Waals surface area contributed by atoms with Crippen LogP contribution in [0.1, 0.15) is 0 Å². The lowest BCUT2D eigenvalue weighted by molar-refractivity contribution is 0.727. The molecule has 0 radical (unpaired) electrons. The largest absolute Gasteiger partial charge is 0.268 e. The predicted molar refractivity (Wildman–Crippen MR) is 89.3 cm³/mol. The molecule has 0 aliphatic rings. The standard InChI is InChI=1S/C16H11BrN4O/c1-20-15(11-4-2-3-5-14(11)19-20)21-9-18-13-7-6-10(17)8-12(13)16(21)22/h2-9H,1H3. The van der Waals surface area contributed by atoms with Gasteiger partial charge in [0.2, 0.25) is 0 Å². The van der Waals surface area contributed by atoms with E-state index in [1.807, 2.05) is 43.4 Å². The molecule has 4 rings (SSSR count). The maximum Gasteiger partial charge on any atom is 0.267 e. The number of hydrogen-bond donors (Lipinski definition) is 0. The Labute approximate surface area is 134 Å². The Bertz CT molecular complexity index is 1080. The molecule has 0 spiro atoms. The average molecular weight is 355 g/mol. The third-order valence-electron chi connectivity index (χ3n) is 3.66. The summed E-state index contributed by atoms with van der Waals surface area (Å²) in [7, 11) is 1.83. The molecule has 108 valence electrons. The molecule has 4 aromatic rings. The molecule has 5 nitrogen and oxygen atoms in total. The van der Waals surface area contributed by atoms with E-state index in [0.29, 0.717) is 10.9 Å². The number of halogens is 1. The lowest BCUT2D eigenvalue weighted by Gasteiger charge is -2.07. The topological polar surface area (TPSA) is 52.7 Å². The highest BCUT2D eigenvalue weighted by Crippen LogP contribution is 2.21. The predicted octanol–water partition coefficient (Wildman–Crippen LogP) is 3.03. The first-order valence-corrected chi connectivity index (χ1v) is 7.53. The normalized spacial score (nSPS) is 11.4. The zero-order valence-electron chi connectivity index (χ0n) is 11.7. The molecule has 2 aromatic carbocycles. The maximum absolute atomic E-state index is 12.8. The smallest absolute Gasteiger partial charge is 0.267 e. The van der Waals surface area contributed by atoms with E-state index in [1.165, 1.54) is 0 Å². The molecule has 0 fully saturated rings. The van der Waals surface area contributed by atoms with Gasteiger partial charge in [0.25, 0.3) is 5.56 Å². The average Bonchev–Trinajstić information content (AvgIpc) is 2.84. The van der Waals surface area contributed by atoms with Crippen LogP contribution in [0.4, 0.5) is 0 Å². The van der Waals surface area contributed by atoms with E-state index in [0.717, 1.165) is 21.2 Å². The Hall–Kier alpha value is -2.47. The Kier molecular flexibility index (Phi) is 2.87. The summed E-state index contributed by atoms with van der Waals surface area (Å²) in [5.41, 5.74) is 1.41. The van der Waals surface area contributed by atoms with Crippen molar-refractivity contribution in [3.05, 3.63) is 63.6 Å². The quantitative estimate of drug-likeness (QED) is 0.527. The molecule has 0 saturated carbocycles. The first kappa shape index (κ1) is 13.2. The van der Waals surface area contributed by atoms with E-state index < -0.39 is 0 Å². The summed E-state index contributed by atoms with van der Waals surface area (Å²) in [6, 6.07) is 13.2. The highest BCUT2D eigenvalue weighted by atomic mass is 79.9. The number of aryl methyl sites for hydroxylation is 1. The van der Waals surface area contributed by atoms with Crippen molar-refractivity contribution in [3.8, 4) is 5.82 Å². The third-order valence-corrected chi connectivity index (χ3v) is 4.15. The number of benzene rings is 2. The highest BCUT2D eigenvalue weighted by molar-refractivity contribution is 9.10. The van der Waals surface area contributed by atoms with Crippen LogP contribution in [0.15, 0.2) is 58.1 Å². The highest BCUT2D eigenvalue weighted by Gasteiger charge is 2.13. The second kappa shape index (κ2) is 4.78. The van der Waals surface area contributed by atoms with Crippen LogP contribution in [0.2, 0.25) is 0 Å². The molecule has 0 unspecified atom stereocenters. The van der Waals surface area contributed by atoms with E-state index in [2.05, 4.69) is 26.0 Å². The lowest BCUT2D eigenvalue weighted by Crippen LogP contribution is -2.21. The minimum absolute atomic E-state index is 0.111. The molecule has 0 saturated heterocycles. The molecule has 0 aliphatic heterocycles. The van der Waals surface area contributed by atoms with Gasteiger partial charge >= 0.3 is 0 Å². The van der Waals surface area contributed by atoms with Crippen molar-refractivity contribution in [2.45, 2.75) is 0 Å². The summed E-state index contributed by atoms with van der Waals surface area (Å²) in [4.78, 5) is 17.2. The molecular formula is C16H11BrN4O. The first-order chi connectivity index (χ1) is 10.6. The van der Waals surface area contributed by atoms with Crippen LogP contribution in [-0.2, 0) is 7.05 Å². The van der Waals surface area contributed by atoms with Crippen molar-refractivity contribution in [2.75, 3.05) is 0 Å². The molecule has 22 heavy (non-hydrogen) atoms. The molecular weight excluding hydrogens is 344 g/mol. The number of fused-ring (bicyclic) bond motifs is 2. The van der Waals surface area contributed by atoms with Gasteiger partial charge in [-0.1, -0.05) is 28.1 Å². The van der Waals surface area contributed by atoms with Gasteiger partial charge in [0, 0.05) is 16.9 Å². The van der Waals surface area contributed by atoms with Crippen molar-refractivity contribution in [3.63, 3.8) is 0 Å². The molecule has 0 atom stereocenters. The van der Waals surface area contributed by atoms with E-state index in [4.69, 9.17) is 0 Å². The molecule has 0 bridgehead atoms. The summed E-state index contributed by atoms with van der Waals surface area (Å²) >= 11 is 3.40. The molecule has 0 aliphatic carbocycles. The summed E-state index contributed by atoms with van der Waals surface area (Å²) in [6.07, 6.45) is 1.56. The second-order valence-corrected chi connectivity index (χ2v) is 5.96. The number of aromatic nitrogens is 4. The molecule has 6 heteroatoms. The van der Waals surface area contributed by atoms with Crippen LogP contribution < -0.4 is 5.56 Å². The minimum Gasteiger partial charge on any atom is -0.268 e. The van der Waals surface area contributed by atoms with Crippen molar-refractivity contribution in [1.29, 1.82) is 0 Å². The fraction of sp³-hybridized carbons (Fsp3) is 0.0625.